The number of rotatable bonds is 10. The van der Waals surface area contributed by atoms with Crippen LogP contribution in [-0.4, -0.2) is 61.4 Å². The predicted octanol–water partition coefficient (Wildman–Crippen LogP) is 2.09. The minimum atomic E-state index is -1.11. The van der Waals surface area contributed by atoms with Gasteiger partial charge in [0, 0.05) is 24.7 Å². The molecule has 1 heterocycles. The second-order valence-corrected chi connectivity index (χ2v) is 6.06. The highest BCUT2D eigenvalue weighted by Crippen LogP contribution is 2.12. The van der Waals surface area contributed by atoms with Crippen LogP contribution in [0.3, 0.4) is 0 Å². The van der Waals surface area contributed by atoms with Crippen LogP contribution in [0.4, 0.5) is 0 Å². The summed E-state index contributed by atoms with van der Waals surface area (Å²) < 4.78 is 10.5. The third-order valence-corrected chi connectivity index (χ3v) is 3.86. The summed E-state index contributed by atoms with van der Waals surface area (Å²) in [6.45, 7) is 8.51. The smallest absolute Gasteiger partial charge is 0.334 e. The maximum absolute atomic E-state index is 12.1. The molecule has 0 aliphatic carbocycles. The van der Waals surface area contributed by atoms with E-state index in [4.69, 9.17) is 14.6 Å². The van der Waals surface area contributed by atoms with Crippen molar-refractivity contribution in [1.29, 1.82) is 0 Å². The van der Waals surface area contributed by atoms with Gasteiger partial charge in [0.2, 0.25) is 0 Å². The lowest BCUT2D eigenvalue weighted by atomic mass is 10.1. The summed E-state index contributed by atoms with van der Waals surface area (Å²) in [6, 6.07) is 0. The van der Waals surface area contributed by atoms with E-state index in [0.29, 0.717) is 18.9 Å². The Kier molecular flexibility index (Phi) is 9.55. The van der Waals surface area contributed by atoms with E-state index in [1.54, 1.807) is 0 Å². The Morgan fingerprint density at radius 1 is 1.35 bits per heavy atom. The number of carboxylic acids is 1. The van der Waals surface area contributed by atoms with Crippen LogP contribution in [0.2, 0.25) is 0 Å². The highest BCUT2D eigenvalue weighted by atomic mass is 16.5. The molecule has 1 unspecified atom stereocenters. The van der Waals surface area contributed by atoms with Crippen LogP contribution in [0.1, 0.15) is 39.5 Å². The summed E-state index contributed by atoms with van der Waals surface area (Å²) in [7, 11) is 0. The first-order valence-corrected chi connectivity index (χ1v) is 8.43. The van der Waals surface area contributed by atoms with Crippen molar-refractivity contribution in [2.75, 3.05) is 39.5 Å². The maximum atomic E-state index is 12.1. The molecule has 1 aliphatic heterocycles. The van der Waals surface area contributed by atoms with E-state index in [1.165, 1.54) is 0 Å². The zero-order valence-electron chi connectivity index (χ0n) is 14.3. The van der Waals surface area contributed by atoms with E-state index < -0.39 is 11.9 Å². The van der Waals surface area contributed by atoms with Gasteiger partial charge in [0.25, 0.3) is 0 Å². The molecule has 1 fully saturated rings. The van der Waals surface area contributed by atoms with Crippen molar-refractivity contribution in [2.45, 2.75) is 39.5 Å². The second kappa shape index (κ2) is 11.2. The Morgan fingerprint density at radius 2 is 2.04 bits per heavy atom. The van der Waals surface area contributed by atoms with Gasteiger partial charge in [-0.05, 0) is 31.7 Å². The predicted molar refractivity (Wildman–Crippen MR) is 87.2 cm³/mol. The van der Waals surface area contributed by atoms with Gasteiger partial charge >= 0.3 is 11.9 Å². The Balaban J connectivity index is 2.41. The fourth-order valence-corrected chi connectivity index (χ4v) is 2.59. The van der Waals surface area contributed by atoms with Gasteiger partial charge < -0.3 is 14.6 Å². The molecule has 0 amide bonds. The third-order valence-electron chi connectivity index (χ3n) is 3.86. The van der Waals surface area contributed by atoms with Crippen LogP contribution >= 0.6 is 0 Å². The van der Waals surface area contributed by atoms with Crippen molar-refractivity contribution in [1.82, 2.24) is 4.90 Å². The number of aliphatic carboxylic acids is 1. The number of nitrogens with zero attached hydrogens (tertiary/aromatic N) is 1. The van der Waals surface area contributed by atoms with Gasteiger partial charge in [-0.25, -0.2) is 9.59 Å². The molecule has 1 atom stereocenters. The number of carboxylic acid groups (broad SMARTS) is 1. The Hall–Kier alpha value is -1.40. The van der Waals surface area contributed by atoms with Gasteiger partial charge in [-0.15, -0.1) is 0 Å². The van der Waals surface area contributed by atoms with Gasteiger partial charge in [-0.3, -0.25) is 4.90 Å². The Morgan fingerprint density at radius 3 is 2.65 bits per heavy atom. The summed E-state index contributed by atoms with van der Waals surface area (Å²) in [5, 5.41) is 8.93. The highest BCUT2D eigenvalue weighted by Gasteiger charge is 2.16. The molecule has 0 spiro atoms. The molecule has 0 radical (unpaired) electrons. The molecule has 0 saturated carbocycles. The van der Waals surface area contributed by atoms with Crippen LogP contribution in [0.15, 0.2) is 11.6 Å². The van der Waals surface area contributed by atoms with Crippen LogP contribution in [0.5, 0.6) is 0 Å². The maximum Gasteiger partial charge on any atom is 0.334 e. The first-order chi connectivity index (χ1) is 11.0. The fraction of sp³-hybridized carbons (Fsp3) is 0.765. The molecule has 1 N–H and O–H groups in total. The standard InChI is InChI=1S/C17H29NO5/c1-3-5-14(2)13-23-17(21)15(12-16(19)20)6-4-7-18-8-10-22-11-9-18/h12,14H,3-11,13H2,1-2H3,(H,19,20)/b15-12+. The molecule has 0 aromatic heterocycles. The average Bonchev–Trinajstić information content (AvgIpc) is 2.52. The number of esters is 1. The van der Waals surface area contributed by atoms with Crippen LogP contribution in [0, 0.1) is 5.92 Å². The molecule has 6 heteroatoms. The largest absolute Gasteiger partial charge is 0.478 e. The number of morpholine rings is 1. The minimum absolute atomic E-state index is 0.245. The molecular weight excluding hydrogens is 298 g/mol. The first kappa shape index (κ1) is 19.6. The SMILES string of the molecule is CCCC(C)COC(=O)/C(=C/C(=O)O)CCCN1CCOCC1. The number of carbonyl (C=O) groups excluding carboxylic acids is 1. The van der Waals surface area contributed by atoms with Crippen molar-refractivity contribution in [3.05, 3.63) is 11.6 Å². The van der Waals surface area contributed by atoms with E-state index in [-0.39, 0.29) is 5.57 Å². The van der Waals surface area contributed by atoms with Gasteiger partial charge in [0.05, 0.1) is 19.8 Å². The monoisotopic (exact) mass is 327 g/mol. The summed E-state index contributed by atoms with van der Waals surface area (Å²) >= 11 is 0. The molecule has 0 aromatic carbocycles. The van der Waals surface area contributed by atoms with Crippen LogP contribution in [0.25, 0.3) is 0 Å². The molecule has 1 saturated heterocycles. The summed E-state index contributed by atoms with van der Waals surface area (Å²) in [5.41, 5.74) is 0.245. The number of hydrogen-bond acceptors (Lipinski definition) is 5. The average molecular weight is 327 g/mol. The van der Waals surface area contributed by atoms with Crippen molar-refractivity contribution >= 4 is 11.9 Å². The first-order valence-electron chi connectivity index (χ1n) is 8.43. The molecule has 0 bridgehead atoms. The molecule has 1 aliphatic rings. The minimum Gasteiger partial charge on any atom is -0.478 e. The third kappa shape index (κ3) is 8.71. The second-order valence-electron chi connectivity index (χ2n) is 6.06. The zero-order valence-corrected chi connectivity index (χ0v) is 14.3. The van der Waals surface area contributed by atoms with Crippen molar-refractivity contribution in [3.63, 3.8) is 0 Å². The Labute approximate surface area is 138 Å². The summed E-state index contributed by atoms with van der Waals surface area (Å²) in [5.74, 6) is -1.31. The van der Waals surface area contributed by atoms with Gasteiger partial charge in [0.1, 0.15) is 0 Å². The fourth-order valence-electron chi connectivity index (χ4n) is 2.59. The van der Waals surface area contributed by atoms with Crippen molar-refractivity contribution < 1.29 is 24.2 Å². The lowest BCUT2D eigenvalue weighted by molar-refractivity contribution is -0.141. The molecule has 1 rings (SSSR count). The molecule has 23 heavy (non-hydrogen) atoms. The molecule has 132 valence electrons. The zero-order chi connectivity index (χ0) is 17.1. The van der Waals surface area contributed by atoms with Gasteiger partial charge in [-0.1, -0.05) is 20.3 Å². The van der Waals surface area contributed by atoms with Crippen molar-refractivity contribution in [3.8, 4) is 0 Å². The molecule has 6 nitrogen and oxygen atoms in total. The van der Waals surface area contributed by atoms with Gasteiger partial charge in [-0.2, -0.15) is 0 Å². The van der Waals surface area contributed by atoms with E-state index in [1.807, 2.05) is 6.92 Å². The quantitative estimate of drug-likeness (QED) is 0.489. The van der Waals surface area contributed by atoms with E-state index >= 15 is 0 Å². The number of hydrogen-bond donors (Lipinski definition) is 1. The van der Waals surface area contributed by atoms with Crippen LogP contribution in [-0.2, 0) is 19.1 Å². The lowest BCUT2D eigenvalue weighted by Gasteiger charge is -2.26. The summed E-state index contributed by atoms with van der Waals surface area (Å²) in [6.07, 6.45) is 4.16. The van der Waals surface area contributed by atoms with Crippen LogP contribution < -0.4 is 0 Å². The van der Waals surface area contributed by atoms with Crippen molar-refractivity contribution in [2.24, 2.45) is 5.92 Å². The van der Waals surface area contributed by atoms with E-state index in [0.717, 1.165) is 58.2 Å². The summed E-state index contributed by atoms with van der Waals surface area (Å²) in [4.78, 5) is 25.3. The van der Waals surface area contributed by atoms with E-state index in [9.17, 15) is 9.59 Å². The number of ether oxygens (including phenoxy) is 2. The molecule has 0 aromatic rings. The van der Waals surface area contributed by atoms with E-state index in [2.05, 4.69) is 11.8 Å². The molecular formula is C17H29NO5. The lowest BCUT2D eigenvalue weighted by Crippen LogP contribution is -2.36. The normalized spacial score (nSPS) is 17.7. The number of carbonyl (C=O) groups is 2. The highest BCUT2D eigenvalue weighted by molar-refractivity contribution is 5.95. The van der Waals surface area contributed by atoms with Gasteiger partial charge in [0.15, 0.2) is 0 Å². The Bertz CT molecular complexity index is 402. The topological polar surface area (TPSA) is 76.1 Å².